The molecule has 12 heteroatoms. The third-order valence-electron chi connectivity index (χ3n) is 8.97. The van der Waals surface area contributed by atoms with E-state index in [0.29, 0.717) is 31.6 Å². The number of hydrogen-bond acceptors (Lipinski definition) is 5. The lowest BCUT2D eigenvalue weighted by Crippen LogP contribution is -2.56. The van der Waals surface area contributed by atoms with Crippen molar-refractivity contribution < 1.29 is 31.1 Å². The largest absolute Gasteiger partial charge is 0.416 e. The maximum atomic E-state index is 13.6. The van der Waals surface area contributed by atoms with Crippen molar-refractivity contribution in [3.8, 4) is 0 Å². The first-order chi connectivity index (χ1) is 21.4. The first-order valence-electron chi connectivity index (χ1n) is 14.9. The van der Waals surface area contributed by atoms with Gasteiger partial charge >= 0.3 is 12.4 Å². The molecule has 238 valence electrons. The summed E-state index contributed by atoms with van der Waals surface area (Å²) in [4.78, 5) is 3.95. The number of alkyl halides is 6. The van der Waals surface area contributed by atoms with Crippen LogP contribution in [0, 0.1) is 0 Å². The number of piperidine rings is 1. The van der Waals surface area contributed by atoms with E-state index in [-0.39, 0.29) is 29.6 Å². The second-order valence-electron chi connectivity index (χ2n) is 12.1. The van der Waals surface area contributed by atoms with E-state index in [2.05, 4.69) is 15.2 Å². The second-order valence-corrected chi connectivity index (χ2v) is 12.1. The molecule has 4 atom stereocenters. The van der Waals surface area contributed by atoms with Gasteiger partial charge in [-0.05, 0) is 73.2 Å². The molecule has 4 unspecified atom stereocenters. The molecule has 3 aromatic carbocycles. The molecule has 0 spiro atoms. The van der Waals surface area contributed by atoms with Gasteiger partial charge in [0.25, 0.3) is 0 Å². The zero-order chi connectivity index (χ0) is 32.0. The molecular formula is C33H33F6N5O. The number of aromatic nitrogens is 4. The predicted molar refractivity (Wildman–Crippen MR) is 154 cm³/mol. The van der Waals surface area contributed by atoms with Gasteiger partial charge in [0.2, 0.25) is 0 Å². The molecule has 2 saturated heterocycles. The van der Waals surface area contributed by atoms with Gasteiger partial charge in [0.1, 0.15) is 0 Å². The Labute approximate surface area is 257 Å². The Balaban J connectivity index is 1.42. The summed E-state index contributed by atoms with van der Waals surface area (Å²) in [7, 11) is 0. The van der Waals surface area contributed by atoms with E-state index in [1.807, 2.05) is 74.5 Å². The van der Waals surface area contributed by atoms with Gasteiger partial charge in [-0.1, -0.05) is 60.7 Å². The van der Waals surface area contributed by atoms with Crippen molar-refractivity contribution in [2.45, 2.75) is 88.3 Å². The molecule has 4 aromatic rings. The smallest absolute Gasteiger partial charge is 0.371 e. The molecule has 6 rings (SSSR count). The molecule has 0 saturated carbocycles. The maximum Gasteiger partial charge on any atom is 0.416 e. The first-order valence-corrected chi connectivity index (χ1v) is 14.9. The summed E-state index contributed by atoms with van der Waals surface area (Å²) in [5, 5.41) is 13.4. The zero-order valence-electron chi connectivity index (χ0n) is 24.8. The molecule has 1 aromatic heterocycles. The van der Waals surface area contributed by atoms with Crippen LogP contribution in [0.3, 0.4) is 0 Å². The zero-order valence-corrected chi connectivity index (χ0v) is 24.8. The molecule has 2 aliphatic rings. The summed E-state index contributed by atoms with van der Waals surface area (Å²) in [5.41, 5.74) is -1.65. The van der Waals surface area contributed by atoms with Gasteiger partial charge in [0.05, 0.1) is 35.4 Å². The molecule has 3 heterocycles. The lowest BCUT2D eigenvalue weighted by molar-refractivity contribution is -0.143. The van der Waals surface area contributed by atoms with Gasteiger partial charge in [-0.15, -0.1) is 10.2 Å². The molecule has 2 bridgehead atoms. The van der Waals surface area contributed by atoms with E-state index in [1.165, 1.54) is 0 Å². The van der Waals surface area contributed by atoms with Crippen molar-refractivity contribution in [1.82, 2.24) is 25.1 Å². The minimum Gasteiger partial charge on any atom is -0.371 e. The van der Waals surface area contributed by atoms with Gasteiger partial charge in [0.15, 0.2) is 5.82 Å². The number of halogens is 6. The van der Waals surface area contributed by atoms with Crippen molar-refractivity contribution in [3.63, 3.8) is 0 Å². The van der Waals surface area contributed by atoms with Crippen LogP contribution in [-0.4, -0.2) is 37.3 Å². The fourth-order valence-corrected chi connectivity index (χ4v) is 6.96. The van der Waals surface area contributed by atoms with Crippen molar-refractivity contribution >= 4 is 0 Å². The number of hydrogen-bond donors (Lipinski definition) is 0. The number of nitrogens with zero attached hydrogens (tertiary/aromatic N) is 5. The topological polar surface area (TPSA) is 56.1 Å². The van der Waals surface area contributed by atoms with Crippen molar-refractivity contribution in [2.24, 2.45) is 0 Å². The van der Waals surface area contributed by atoms with Crippen LogP contribution in [0.5, 0.6) is 0 Å². The Hall–Kier alpha value is -3.77. The quantitative estimate of drug-likeness (QED) is 0.185. The molecule has 6 nitrogen and oxygen atoms in total. The van der Waals surface area contributed by atoms with Crippen LogP contribution in [0.4, 0.5) is 26.3 Å². The van der Waals surface area contributed by atoms with Crippen LogP contribution in [0.1, 0.15) is 78.7 Å². The average molecular weight is 630 g/mol. The lowest BCUT2D eigenvalue weighted by atomic mass is 9.78. The van der Waals surface area contributed by atoms with Crippen molar-refractivity contribution in [2.75, 3.05) is 0 Å². The summed E-state index contributed by atoms with van der Waals surface area (Å²) in [6.07, 6.45) is -8.67. The van der Waals surface area contributed by atoms with Crippen LogP contribution in [0.15, 0.2) is 78.9 Å². The van der Waals surface area contributed by atoms with Crippen LogP contribution in [-0.2, 0) is 35.8 Å². The van der Waals surface area contributed by atoms with Gasteiger partial charge in [0, 0.05) is 18.5 Å². The number of benzene rings is 3. The summed E-state index contributed by atoms with van der Waals surface area (Å²) < 4.78 is 88.1. The highest BCUT2D eigenvalue weighted by atomic mass is 19.4. The minimum atomic E-state index is -4.94. The van der Waals surface area contributed by atoms with Crippen LogP contribution in [0.2, 0.25) is 0 Å². The summed E-state index contributed by atoms with van der Waals surface area (Å²) in [5.74, 6) is 0.485. The first kappa shape index (κ1) is 31.2. The van der Waals surface area contributed by atoms with E-state index >= 15 is 0 Å². The lowest BCUT2D eigenvalue weighted by Gasteiger charge is -2.50. The van der Waals surface area contributed by atoms with Gasteiger partial charge in [-0.3, -0.25) is 4.90 Å². The number of rotatable bonds is 8. The molecule has 0 N–H and O–H groups in total. The Morgan fingerprint density at radius 2 is 1.47 bits per heavy atom. The summed E-state index contributed by atoms with van der Waals surface area (Å²) in [6.45, 7) is 4.07. The minimum absolute atomic E-state index is 0.000430. The molecule has 2 fully saturated rings. The Bertz CT molecular complexity index is 1580. The highest BCUT2D eigenvalue weighted by Crippen LogP contribution is 2.57. The molecule has 0 aliphatic carbocycles. The number of fused-ring (bicyclic) bond motifs is 2. The van der Waals surface area contributed by atoms with E-state index in [9.17, 15) is 26.3 Å². The monoisotopic (exact) mass is 629 g/mol. The Kier molecular flexibility index (Phi) is 8.23. The number of ether oxygens (including phenoxy) is 1. The summed E-state index contributed by atoms with van der Waals surface area (Å²) >= 11 is 0. The molecule has 0 amide bonds. The van der Waals surface area contributed by atoms with Gasteiger partial charge in [-0.2, -0.15) is 31.1 Å². The Morgan fingerprint density at radius 3 is 2.04 bits per heavy atom. The molecular weight excluding hydrogens is 596 g/mol. The number of tetrazole rings is 1. The maximum absolute atomic E-state index is 13.6. The average Bonchev–Trinajstić information content (AvgIpc) is 3.57. The molecule has 0 radical (unpaired) electrons. The van der Waals surface area contributed by atoms with E-state index in [4.69, 9.17) is 9.84 Å². The van der Waals surface area contributed by atoms with Gasteiger partial charge < -0.3 is 4.74 Å². The standard InChI is InChI=1S/C33H33F6N5O/c1-21(2)44-41-30(40-42-44)27-18-31(24-11-7-4-8-12-24)29(14-13-28(27)43(31)19-22-9-5-3-6-10-22)45-20-23-15-25(32(34,35)36)17-26(16-23)33(37,38)39/h3-12,15-17,21,27-29H,13-14,18-20H2,1-2H3. The molecule has 45 heavy (non-hydrogen) atoms. The fourth-order valence-electron chi connectivity index (χ4n) is 6.96. The third kappa shape index (κ3) is 6.09. The van der Waals surface area contributed by atoms with E-state index < -0.39 is 41.7 Å². The van der Waals surface area contributed by atoms with Crippen molar-refractivity contribution in [3.05, 3.63) is 113 Å². The highest BCUT2D eigenvalue weighted by molar-refractivity contribution is 5.35. The second kappa shape index (κ2) is 11.9. The summed E-state index contributed by atoms with van der Waals surface area (Å²) in [6, 6.07) is 21.3. The molecule has 2 aliphatic heterocycles. The van der Waals surface area contributed by atoms with E-state index in [1.54, 1.807) is 4.80 Å². The van der Waals surface area contributed by atoms with E-state index in [0.717, 1.165) is 23.3 Å². The van der Waals surface area contributed by atoms with Crippen LogP contribution >= 0.6 is 0 Å². The Morgan fingerprint density at radius 1 is 0.844 bits per heavy atom. The SMILES string of the molecule is CC(C)n1nnc(C2CC3(c4ccccc4)C(OCc4cc(C(F)(F)F)cc(C(F)(F)F)c4)CCC2N3Cc2ccccc2)n1. The van der Waals surface area contributed by atoms with Crippen LogP contribution in [0.25, 0.3) is 0 Å². The van der Waals surface area contributed by atoms with Crippen molar-refractivity contribution in [1.29, 1.82) is 0 Å². The third-order valence-corrected chi connectivity index (χ3v) is 8.97. The van der Waals surface area contributed by atoms with Gasteiger partial charge in [-0.25, -0.2) is 0 Å². The highest BCUT2D eigenvalue weighted by Gasteiger charge is 2.61. The fraction of sp³-hybridized carbons (Fsp3) is 0.424. The van der Waals surface area contributed by atoms with Crippen LogP contribution < -0.4 is 0 Å². The normalized spacial score (nSPS) is 24.0. The predicted octanol–water partition coefficient (Wildman–Crippen LogP) is 7.92.